The van der Waals surface area contributed by atoms with Gasteiger partial charge in [0.15, 0.2) is 5.13 Å². The Bertz CT molecular complexity index is 539. The molecule has 1 heterocycles. The lowest BCUT2D eigenvalue weighted by Gasteiger charge is -1.97. The van der Waals surface area contributed by atoms with Crippen molar-refractivity contribution in [1.82, 2.24) is 4.98 Å². The fourth-order valence-corrected chi connectivity index (χ4v) is 2.17. The molecule has 16 heavy (non-hydrogen) atoms. The van der Waals surface area contributed by atoms with E-state index >= 15 is 0 Å². The molecule has 0 amide bonds. The summed E-state index contributed by atoms with van der Waals surface area (Å²) < 4.78 is 0. The minimum Gasteiger partial charge on any atom is -0.365 e. The van der Waals surface area contributed by atoms with Crippen molar-refractivity contribution in [2.75, 3.05) is 12.4 Å². The third-order valence-electron chi connectivity index (χ3n) is 2.06. The number of benzene rings is 1. The number of hydrogen-bond donors (Lipinski definition) is 1. The third kappa shape index (κ3) is 2.01. The summed E-state index contributed by atoms with van der Waals surface area (Å²) in [5.41, 5.74) is 1.60. The van der Waals surface area contributed by atoms with Gasteiger partial charge in [-0.15, -0.1) is 0 Å². The summed E-state index contributed by atoms with van der Waals surface area (Å²) in [5, 5.41) is 13.4. The number of nitrogens with one attached hydrogen (secondary N) is 1. The maximum atomic E-state index is 9.01. The van der Waals surface area contributed by atoms with Crippen LogP contribution in [-0.2, 0) is 0 Å². The van der Waals surface area contributed by atoms with Gasteiger partial charge in [0, 0.05) is 17.6 Å². The van der Waals surface area contributed by atoms with E-state index in [9.17, 15) is 0 Å². The van der Waals surface area contributed by atoms with E-state index in [1.807, 2.05) is 12.1 Å². The normalized spacial score (nSPS) is 9.81. The van der Waals surface area contributed by atoms with E-state index in [0.29, 0.717) is 15.6 Å². The number of nitriles is 1. The SMILES string of the molecule is CNc1nc(-c2ccc(Cl)cc2)c(C#N)s1. The Hall–Kier alpha value is -1.57. The number of thiazole rings is 1. The molecule has 0 aliphatic carbocycles. The van der Waals surface area contributed by atoms with Crippen LogP contribution in [0.4, 0.5) is 5.13 Å². The fourth-order valence-electron chi connectivity index (χ4n) is 1.31. The summed E-state index contributed by atoms with van der Waals surface area (Å²) in [6.45, 7) is 0. The van der Waals surface area contributed by atoms with Crippen molar-refractivity contribution in [2.24, 2.45) is 0 Å². The molecule has 0 bridgehead atoms. The number of hydrogen-bond acceptors (Lipinski definition) is 4. The van der Waals surface area contributed by atoms with Gasteiger partial charge >= 0.3 is 0 Å². The van der Waals surface area contributed by atoms with Gasteiger partial charge in [0.25, 0.3) is 0 Å². The fraction of sp³-hybridized carbons (Fsp3) is 0.0909. The Morgan fingerprint density at radius 2 is 2.06 bits per heavy atom. The average molecular weight is 250 g/mol. The number of nitrogens with zero attached hydrogens (tertiary/aromatic N) is 2. The smallest absolute Gasteiger partial charge is 0.184 e. The maximum absolute atomic E-state index is 9.01. The highest BCUT2D eigenvalue weighted by Crippen LogP contribution is 2.30. The highest BCUT2D eigenvalue weighted by atomic mass is 35.5. The minimum absolute atomic E-state index is 0.603. The standard InChI is InChI=1S/C11H8ClN3S/c1-14-11-15-10(9(6-13)16-11)7-2-4-8(12)5-3-7/h2-5H,1H3,(H,14,15). The van der Waals surface area contributed by atoms with Crippen LogP contribution in [0.5, 0.6) is 0 Å². The molecule has 0 unspecified atom stereocenters. The van der Waals surface area contributed by atoms with Crippen molar-refractivity contribution in [1.29, 1.82) is 5.26 Å². The maximum Gasteiger partial charge on any atom is 0.184 e. The van der Waals surface area contributed by atoms with Gasteiger partial charge in [-0.1, -0.05) is 35.1 Å². The Kier molecular flexibility index (Phi) is 3.09. The highest BCUT2D eigenvalue weighted by molar-refractivity contribution is 7.16. The zero-order chi connectivity index (χ0) is 11.5. The zero-order valence-electron chi connectivity index (χ0n) is 8.49. The van der Waals surface area contributed by atoms with Crippen LogP contribution in [-0.4, -0.2) is 12.0 Å². The quantitative estimate of drug-likeness (QED) is 0.888. The van der Waals surface area contributed by atoms with Crippen molar-refractivity contribution in [3.63, 3.8) is 0 Å². The molecule has 0 radical (unpaired) electrons. The van der Waals surface area contributed by atoms with Gasteiger partial charge in [-0.05, 0) is 12.1 Å². The van der Waals surface area contributed by atoms with Gasteiger partial charge in [0.05, 0.1) is 0 Å². The first-order chi connectivity index (χ1) is 7.74. The van der Waals surface area contributed by atoms with Crippen LogP contribution in [0.3, 0.4) is 0 Å². The second-order valence-corrected chi connectivity index (χ2v) is 4.50. The first-order valence-corrected chi connectivity index (χ1v) is 5.78. The molecular weight excluding hydrogens is 242 g/mol. The molecule has 0 fully saturated rings. The molecule has 0 atom stereocenters. The van der Waals surface area contributed by atoms with Gasteiger partial charge in [-0.2, -0.15) is 5.26 Å². The first kappa shape index (κ1) is 10.9. The summed E-state index contributed by atoms with van der Waals surface area (Å²) >= 11 is 7.15. The van der Waals surface area contributed by atoms with Crippen molar-refractivity contribution in [2.45, 2.75) is 0 Å². The minimum atomic E-state index is 0.603. The van der Waals surface area contributed by atoms with E-state index in [4.69, 9.17) is 16.9 Å². The second-order valence-electron chi connectivity index (χ2n) is 3.07. The molecular formula is C11H8ClN3S. The molecule has 5 heteroatoms. The molecule has 2 rings (SSSR count). The third-order valence-corrected chi connectivity index (χ3v) is 3.29. The summed E-state index contributed by atoms with van der Waals surface area (Å²) in [5.74, 6) is 0. The largest absolute Gasteiger partial charge is 0.365 e. The van der Waals surface area contributed by atoms with Crippen molar-refractivity contribution >= 4 is 28.1 Å². The molecule has 0 aliphatic heterocycles. The van der Waals surface area contributed by atoms with Crippen molar-refractivity contribution in [3.05, 3.63) is 34.2 Å². The van der Waals surface area contributed by atoms with Gasteiger partial charge in [0.1, 0.15) is 16.6 Å². The Balaban J connectivity index is 2.51. The molecule has 80 valence electrons. The number of halogens is 1. The predicted octanol–water partition coefficient (Wildman–Crippen LogP) is 3.38. The molecule has 1 N–H and O–H groups in total. The van der Waals surface area contributed by atoms with E-state index in [0.717, 1.165) is 10.7 Å². The lowest BCUT2D eigenvalue weighted by atomic mass is 10.1. The first-order valence-electron chi connectivity index (χ1n) is 4.59. The summed E-state index contributed by atoms with van der Waals surface area (Å²) in [6, 6.07) is 9.44. The lowest BCUT2D eigenvalue weighted by molar-refractivity contribution is 1.35. The van der Waals surface area contributed by atoms with Crippen LogP contribution in [0.15, 0.2) is 24.3 Å². The average Bonchev–Trinajstić information content (AvgIpc) is 2.73. The van der Waals surface area contributed by atoms with Crippen molar-refractivity contribution < 1.29 is 0 Å². The van der Waals surface area contributed by atoms with Gasteiger partial charge in [0.2, 0.25) is 0 Å². The Morgan fingerprint density at radius 3 is 2.62 bits per heavy atom. The Morgan fingerprint density at radius 1 is 1.38 bits per heavy atom. The van der Waals surface area contributed by atoms with E-state index < -0.39 is 0 Å². The molecule has 0 aliphatic rings. The van der Waals surface area contributed by atoms with E-state index in [2.05, 4.69) is 16.4 Å². The lowest BCUT2D eigenvalue weighted by Crippen LogP contribution is -1.86. The predicted molar refractivity (Wildman–Crippen MR) is 66.8 cm³/mol. The highest BCUT2D eigenvalue weighted by Gasteiger charge is 2.11. The number of anilines is 1. The van der Waals surface area contributed by atoms with Crippen molar-refractivity contribution in [3.8, 4) is 17.3 Å². The van der Waals surface area contributed by atoms with E-state index in [-0.39, 0.29) is 0 Å². The molecule has 1 aromatic carbocycles. The van der Waals surface area contributed by atoms with Gasteiger partial charge in [-0.3, -0.25) is 0 Å². The molecule has 1 aromatic heterocycles. The van der Waals surface area contributed by atoms with E-state index in [1.165, 1.54) is 11.3 Å². The van der Waals surface area contributed by atoms with E-state index in [1.54, 1.807) is 19.2 Å². The molecule has 0 saturated heterocycles. The van der Waals surface area contributed by atoms with Crippen LogP contribution in [0.1, 0.15) is 4.88 Å². The van der Waals surface area contributed by atoms with Crippen LogP contribution >= 0.6 is 22.9 Å². The molecule has 2 aromatic rings. The summed E-state index contributed by atoms with van der Waals surface area (Å²) in [6.07, 6.45) is 0. The van der Waals surface area contributed by atoms with Crippen LogP contribution in [0, 0.1) is 11.3 Å². The monoisotopic (exact) mass is 249 g/mol. The van der Waals surface area contributed by atoms with Gasteiger partial charge in [-0.25, -0.2) is 4.98 Å². The molecule has 0 spiro atoms. The topological polar surface area (TPSA) is 48.7 Å². The zero-order valence-corrected chi connectivity index (χ0v) is 10.1. The molecule has 3 nitrogen and oxygen atoms in total. The Labute approximate surface area is 102 Å². The number of rotatable bonds is 2. The second kappa shape index (κ2) is 4.52. The van der Waals surface area contributed by atoms with Crippen LogP contribution in [0.2, 0.25) is 5.02 Å². The number of aromatic nitrogens is 1. The van der Waals surface area contributed by atoms with Gasteiger partial charge < -0.3 is 5.32 Å². The summed E-state index contributed by atoms with van der Waals surface area (Å²) in [7, 11) is 1.78. The van der Waals surface area contributed by atoms with Crippen LogP contribution in [0.25, 0.3) is 11.3 Å². The van der Waals surface area contributed by atoms with Crippen LogP contribution < -0.4 is 5.32 Å². The molecule has 0 saturated carbocycles. The summed E-state index contributed by atoms with van der Waals surface area (Å²) in [4.78, 5) is 4.94.